The third-order valence-corrected chi connectivity index (χ3v) is 5.82. The van der Waals surface area contributed by atoms with Gasteiger partial charge in [-0.1, -0.05) is 12.1 Å². The zero-order chi connectivity index (χ0) is 22.5. The second-order valence-corrected chi connectivity index (χ2v) is 8.13. The van der Waals surface area contributed by atoms with Gasteiger partial charge in [-0.2, -0.15) is 0 Å². The number of aromatic hydroxyl groups is 1. The van der Waals surface area contributed by atoms with E-state index in [9.17, 15) is 9.90 Å². The molecule has 0 unspecified atom stereocenters. The minimum absolute atomic E-state index is 0.150. The summed E-state index contributed by atoms with van der Waals surface area (Å²) < 4.78 is 5.36. The third kappa shape index (κ3) is 4.89. The summed E-state index contributed by atoms with van der Waals surface area (Å²) in [5.74, 6) is 1.37. The average Bonchev–Trinajstić information content (AvgIpc) is 2.81. The summed E-state index contributed by atoms with van der Waals surface area (Å²) in [6.45, 7) is 6.28. The second-order valence-electron chi connectivity index (χ2n) is 8.13. The smallest absolute Gasteiger partial charge is 0.251 e. The summed E-state index contributed by atoms with van der Waals surface area (Å²) in [5, 5.41) is 10.4. The maximum atomic E-state index is 12.3. The van der Waals surface area contributed by atoms with E-state index < -0.39 is 0 Å². The maximum absolute atomic E-state index is 12.3. The number of aromatic amines is 1. The van der Waals surface area contributed by atoms with E-state index in [1.807, 2.05) is 24.3 Å². The fourth-order valence-electron chi connectivity index (χ4n) is 4.31. The van der Waals surface area contributed by atoms with Crippen LogP contribution < -0.4 is 10.3 Å². The Bertz CT molecular complexity index is 1140. The number of phenolic OH excluding ortho intramolecular Hbond substituents is 1. The zero-order valence-electron chi connectivity index (χ0n) is 18.3. The number of pyridine rings is 1. The predicted molar refractivity (Wildman–Crippen MR) is 124 cm³/mol. The topological polar surface area (TPSA) is 91.3 Å². The summed E-state index contributed by atoms with van der Waals surface area (Å²) in [5.41, 5.74) is 3.34. The molecule has 1 aliphatic heterocycles. The number of ether oxygens (including phenoxy) is 1. The molecule has 0 saturated carbocycles. The van der Waals surface area contributed by atoms with Crippen LogP contribution in [0.3, 0.4) is 0 Å². The van der Waals surface area contributed by atoms with Gasteiger partial charge in [-0.05, 0) is 49.6 Å². The van der Waals surface area contributed by atoms with Crippen LogP contribution >= 0.6 is 0 Å². The molecule has 4 rings (SSSR count). The van der Waals surface area contributed by atoms with Crippen molar-refractivity contribution in [2.45, 2.75) is 31.7 Å². The van der Waals surface area contributed by atoms with Crippen LogP contribution in [0.2, 0.25) is 0 Å². The molecule has 2 N–H and O–H groups in total. The van der Waals surface area contributed by atoms with Crippen LogP contribution in [0.1, 0.15) is 35.6 Å². The van der Waals surface area contributed by atoms with Crippen LogP contribution in [0.4, 0.5) is 0 Å². The molecule has 2 aromatic heterocycles. The van der Waals surface area contributed by atoms with Crippen molar-refractivity contribution >= 4 is 0 Å². The lowest BCUT2D eigenvalue weighted by Gasteiger charge is -2.32. The fraction of sp³-hybridized carbons (Fsp3) is 0.320. The van der Waals surface area contributed by atoms with Crippen molar-refractivity contribution in [1.29, 1.82) is 0 Å². The largest absolute Gasteiger partial charge is 0.504 e. The Morgan fingerprint density at radius 3 is 3.00 bits per heavy atom. The summed E-state index contributed by atoms with van der Waals surface area (Å²) in [4.78, 5) is 26.4. The van der Waals surface area contributed by atoms with E-state index in [1.165, 1.54) is 0 Å². The molecule has 0 aliphatic carbocycles. The van der Waals surface area contributed by atoms with Gasteiger partial charge >= 0.3 is 0 Å². The lowest BCUT2D eigenvalue weighted by molar-refractivity contribution is 0.198. The van der Waals surface area contributed by atoms with Crippen LogP contribution in [0.15, 0.2) is 60.2 Å². The molecule has 7 nitrogen and oxygen atoms in total. The number of hydrogen-bond donors (Lipinski definition) is 2. The van der Waals surface area contributed by atoms with Gasteiger partial charge in [0.2, 0.25) is 0 Å². The standard InChI is InChI=1S/C25H28N4O3/c1-3-6-18-11-17(12-22(32-2)24(18)31)15-29-10-5-8-20(16-29)21-13-23(30)28-25(27-21)19-7-4-9-26-14-19/h3-4,7,9,11-14,20,31H,1,5-6,8,10,15-16H2,2H3,(H,27,28,30)/t20-/m1/s1. The van der Waals surface area contributed by atoms with E-state index in [-0.39, 0.29) is 17.2 Å². The Morgan fingerprint density at radius 1 is 1.38 bits per heavy atom. The van der Waals surface area contributed by atoms with E-state index in [0.29, 0.717) is 18.0 Å². The summed E-state index contributed by atoms with van der Waals surface area (Å²) in [6, 6.07) is 9.23. The minimum Gasteiger partial charge on any atom is -0.504 e. The highest BCUT2D eigenvalue weighted by Gasteiger charge is 2.24. The van der Waals surface area contributed by atoms with Crippen molar-refractivity contribution in [2.24, 2.45) is 0 Å². The van der Waals surface area contributed by atoms with Gasteiger partial charge in [-0.15, -0.1) is 6.58 Å². The molecule has 32 heavy (non-hydrogen) atoms. The van der Waals surface area contributed by atoms with E-state index in [2.05, 4.69) is 21.4 Å². The Labute approximate surface area is 187 Å². The molecule has 7 heteroatoms. The quantitative estimate of drug-likeness (QED) is 0.554. The van der Waals surface area contributed by atoms with Crippen molar-refractivity contribution in [3.8, 4) is 22.9 Å². The third-order valence-electron chi connectivity index (χ3n) is 5.82. The maximum Gasteiger partial charge on any atom is 0.251 e. The zero-order valence-corrected chi connectivity index (χ0v) is 18.3. The van der Waals surface area contributed by atoms with Gasteiger partial charge in [0.25, 0.3) is 5.56 Å². The minimum atomic E-state index is -0.150. The van der Waals surface area contributed by atoms with Crippen LogP contribution in [0.5, 0.6) is 11.5 Å². The van der Waals surface area contributed by atoms with Crippen LogP contribution in [-0.2, 0) is 13.0 Å². The van der Waals surface area contributed by atoms with Crippen molar-refractivity contribution in [1.82, 2.24) is 19.9 Å². The van der Waals surface area contributed by atoms with Crippen molar-refractivity contribution in [3.63, 3.8) is 0 Å². The number of aromatic nitrogens is 3. The molecular formula is C25H28N4O3. The number of piperidine rings is 1. The first kappa shape index (κ1) is 21.8. The molecule has 0 amide bonds. The van der Waals surface area contributed by atoms with Gasteiger partial charge in [0, 0.05) is 48.6 Å². The Balaban J connectivity index is 1.55. The number of hydrogen-bond acceptors (Lipinski definition) is 6. The Morgan fingerprint density at radius 2 is 2.25 bits per heavy atom. The molecule has 1 saturated heterocycles. The molecule has 166 valence electrons. The number of phenols is 1. The van der Waals surface area contributed by atoms with Gasteiger partial charge in [-0.3, -0.25) is 14.7 Å². The van der Waals surface area contributed by atoms with E-state index in [1.54, 1.807) is 31.6 Å². The Hall–Kier alpha value is -3.45. The van der Waals surface area contributed by atoms with Gasteiger partial charge in [-0.25, -0.2) is 4.98 Å². The van der Waals surface area contributed by atoms with Gasteiger partial charge in [0.15, 0.2) is 11.5 Å². The summed E-state index contributed by atoms with van der Waals surface area (Å²) in [6.07, 6.45) is 7.76. The van der Waals surface area contributed by atoms with Crippen LogP contribution in [-0.4, -0.2) is 45.2 Å². The summed E-state index contributed by atoms with van der Waals surface area (Å²) >= 11 is 0. The molecule has 3 aromatic rings. The highest BCUT2D eigenvalue weighted by molar-refractivity contribution is 5.53. The number of likely N-dealkylation sites (tertiary alicyclic amines) is 1. The number of nitrogens with zero attached hydrogens (tertiary/aromatic N) is 3. The number of rotatable bonds is 7. The molecule has 0 bridgehead atoms. The molecule has 3 heterocycles. The van der Waals surface area contributed by atoms with Crippen molar-refractivity contribution in [2.75, 3.05) is 20.2 Å². The SMILES string of the molecule is C=CCc1cc(CN2CCC[C@@H](c3cc(=O)[nH]c(-c4cccnc4)n3)C2)cc(OC)c1O. The number of methoxy groups -OCH3 is 1. The molecule has 1 aromatic carbocycles. The van der Waals surface area contributed by atoms with Crippen LogP contribution in [0.25, 0.3) is 11.4 Å². The molecule has 0 spiro atoms. The lowest BCUT2D eigenvalue weighted by atomic mass is 9.94. The molecule has 0 radical (unpaired) electrons. The number of allylic oxidation sites excluding steroid dienone is 1. The average molecular weight is 433 g/mol. The molecule has 1 atom stereocenters. The lowest BCUT2D eigenvalue weighted by Crippen LogP contribution is -2.34. The first-order valence-corrected chi connectivity index (χ1v) is 10.8. The predicted octanol–water partition coefficient (Wildman–Crippen LogP) is 3.65. The Kier molecular flexibility index (Phi) is 6.66. The molecule has 1 fully saturated rings. The summed E-state index contributed by atoms with van der Waals surface area (Å²) in [7, 11) is 1.56. The number of nitrogens with one attached hydrogen (secondary N) is 1. The van der Waals surface area contributed by atoms with E-state index in [4.69, 9.17) is 9.72 Å². The van der Waals surface area contributed by atoms with Gasteiger partial charge < -0.3 is 14.8 Å². The number of benzene rings is 1. The van der Waals surface area contributed by atoms with E-state index in [0.717, 1.165) is 54.9 Å². The molecular weight excluding hydrogens is 404 g/mol. The van der Waals surface area contributed by atoms with E-state index >= 15 is 0 Å². The van der Waals surface area contributed by atoms with Gasteiger partial charge in [0.05, 0.1) is 12.8 Å². The monoisotopic (exact) mass is 432 g/mol. The highest BCUT2D eigenvalue weighted by atomic mass is 16.5. The van der Waals surface area contributed by atoms with Crippen LogP contribution in [0, 0.1) is 0 Å². The van der Waals surface area contributed by atoms with Crippen molar-refractivity contribution < 1.29 is 9.84 Å². The second kappa shape index (κ2) is 9.78. The first-order valence-electron chi connectivity index (χ1n) is 10.8. The highest BCUT2D eigenvalue weighted by Crippen LogP contribution is 2.33. The normalized spacial score (nSPS) is 16.6. The molecule has 1 aliphatic rings. The van der Waals surface area contributed by atoms with Crippen molar-refractivity contribution in [3.05, 3.63) is 82.6 Å². The van der Waals surface area contributed by atoms with Gasteiger partial charge in [0.1, 0.15) is 5.82 Å². The number of H-pyrrole nitrogens is 1. The fourth-order valence-corrected chi connectivity index (χ4v) is 4.31. The first-order chi connectivity index (χ1) is 15.6.